The van der Waals surface area contributed by atoms with Crippen LogP contribution in [-0.4, -0.2) is 33.6 Å². The van der Waals surface area contributed by atoms with E-state index < -0.39 is 70.4 Å². The molecule has 0 saturated carbocycles. The van der Waals surface area contributed by atoms with Gasteiger partial charge in [0.1, 0.15) is 0 Å². The molecule has 44 heavy (non-hydrogen) atoms. The third-order valence-corrected chi connectivity index (χ3v) is 53.3. The summed E-state index contributed by atoms with van der Waals surface area (Å²) in [6.45, 7) is 21.6. The van der Waals surface area contributed by atoms with Crippen LogP contribution in [0.5, 0.6) is 0 Å². The van der Waals surface area contributed by atoms with E-state index in [1.54, 1.807) is 0 Å². The van der Waals surface area contributed by atoms with E-state index in [1.807, 2.05) is 0 Å². The summed E-state index contributed by atoms with van der Waals surface area (Å²) in [6, 6.07) is 50.4. The van der Waals surface area contributed by atoms with Crippen molar-refractivity contribution < 1.29 is 37.5 Å². The number of hydrogen-bond acceptors (Lipinski definition) is 2. The summed E-state index contributed by atoms with van der Waals surface area (Å²) in [5.74, 6) is 0. The van der Waals surface area contributed by atoms with Crippen LogP contribution in [0.1, 0.15) is 22.3 Å². The van der Waals surface area contributed by atoms with Crippen molar-refractivity contribution >= 4 is 56.9 Å². The first kappa shape index (κ1) is 38.2. The first-order chi connectivity index (χ1) is 20.3. The Labute approximate surface area is 311 Å². The topological polar surface area (TPSA) is 6.48 Å². The van der Waals surface area contributed by atoms with Gasteiger partial charge in [-0.05, 0) is 0 Å². The van der Waals surface area contributed by atoms with Crippen LogP contribution in [0.3, 0.4) is 0 Å². The van der Waals surface area contributed by atoms with Crippen LogP contribution in [0.15, 0.2) is 121 Å². The number of benzene rings is 4. The van der Waals surface area contributed by atoms with Gasteiger partial charge in [0, 0.05) is 0 Å². The average molecular weight is 897 g/mol. The van der Waals surface area contributed by atoms with Crippen LogP contribution in [0.2, 0.25) is 52.4 Å². The molecule has 0 atom stereocenters. The van der Waals surface area contributed by atoms with Crippen LogP contribution in [0, 0.1) is 37.5 Å². The molecule has 4 aromatic carbocycles. The molecule has 8 heteroatoms. The maximum Gasteiger partial charge on any atom is -0.107 e. The Hall–Kier alpha value is -0.252. The Kier molecular flexibility index (Phi) is 14.5. The number of halogens is 1. The molecule has 0 saturated heterocycles. The van der Waals surface area contributed by atoms with Crippen molar-refractivity contribution in [3.63, 3.8) is 0 Å². The summed E-state index contributed by atoms with van der Waals surface area (Å²) < 4.78 is 6.69. The second-order valence-electron chi connectivity index (χ2n) is 14.7. The van der Waals surface area contributed by atoms with Gasteiger partial charge in [-0.1, -0.05) is 0 Å². The van der Waals surface area contributed by atoms with Gasteiger partial charge < -0.3 is 0 Å². The van der Waals surface area contributed by atoms with Crippen molar-refractivity contribution in [3.8, 4) is 0 Å². The molecule has 0 bridgehead atoms. The molecule has 0 heterocycles. The molecule has 4 aromatic rings. The molecular formula is C36H53IN2NdSi4. The Morgan fingerprint density at radius 1 is 0.364 bits per heavy atom. The zero-order chi connectivity index (χ0) is 31.1. The summed E-state index contributed by atoms with van der Waals surface area (Å²) in [5.41, 5.74) is 6.08. The summed E-state index contributed by atoms with van der Waals surface area (Å²) in [6.07, 6.45) is 0. The molecular weight excluding hydrogens is 844 g/mol. The van der Waals surface area contributed by atoms with Gasteiger partial charge in [0.2, 0.25) is 0 Å². The third-order valence-electron chi connectivity index (χ3n) is 8.54. The Morgan fingerprint density at radius 2 is 0.545 bits per heavy atom. The fourth-order valence-electron chi connectivity index (χ4n) is 6.98. The van der Waals surface area contributed by atoms with Gasteiger partial charge in [-0.2, -0.15) is 0 Å². The van der Waals surface area contributed by atoms with Crippen molar-refractivity contribution in [2.75, 3.05) is 0 Å². The van der Waals surface area contributed by atoms with Crippen LogP contribution in [-0.2, 0) is 24.2 Å². The van der Waals surface area contributed by atoms with Crippen molar-refractivity contribution in [3.05, 3.63) is 144 Å². The number of hydrogen-bond donors (Lipinski definition) is 0. The van der Waals surface area contributed by atoms with Gasteiger partial charge >= 0.3 is 291 Å². The van der Waals surface area contributed by atoms with Gasteiger partial charge in [-0.25, -0.2) is 0 Å². The van der Waals surface area contributed by atoms with E-state index in [0.717, 1.165) is 0 Å². The predicted octanol–water partition coefficient (Wildman–Crippen LogP) is 10.1. The fraction of sp³-hybridized carbons (Fsp3) is 0.333. The number of nitrogens with zero attached hydrogens (tertiary/aromatic N) is 2. The molecule has 0 spiro atoms. The van der Waals surface area contributed by atoms with E-state index >= 15 is 0 Å². The number of rotatable bonds is 14. The van der Waals surface area contributed by atoms with Crippen LogP contribution >= 0.6 is 24.0 Å². The minimum absolute atomic E-state index is 0. The first-order valence-corrected chi connectivity index (χ1v) is 31.3. The smallest absolute Gasteiger partial charge is 0.107 e. The fourth-order valence-corrected chi connectivity index (χ4v) is 47.7. The van der Waals surface area contributed by atoms with Crippen molar-refractivity contribution in [2.24, 2.45) is 0 Å². The Balaban J connectivity index is 0.00000529. The van der Waals surface area contributed by atoms with Gasteiger partial charge in [-0.15, -0.1) is 24.0 Å². The van der Waals surface area contributed by atoms with E-state index in [9.17, 15) is 0 Å². The summed E-state index contributed by atoms with van der Waals surface area (Å²) in [5, 5.41) is 0. The monoisotopic (exact) mass is 894 g/mol. The van der Waals surface area contributed by atoms with Gasteiger partial charge in [0.15, 0.2) is 0 Å². The van der Waals surface area contributed by atoms with E-state index in [2.05, 4.69) is 174 Å². The second kappa shape index (κ2) is 16.7. The largest absolute Gasteiger partial charge is 0.107 e. The van der Waals surface area contributed by atoms with Crippen LogP contribution < -0.4 is 0 Å². The first-order valence-electron chi connectivity index (χ1n) is 15.8. The molecule has 0 radical (unpaired) electrons. The maximum atomic E-state index is 3.35. The van der Waals surface area contributed by atoms with Crippen molar-refractivity contribution in [1.29, 1.82) is 0 Å². The van der Waals surface area contributed by atoms with E-state index in [-0.39, 0.29) is 24.0 Å². The molecule has 0 amide bonds. The molecule has 0 fully saturated rings. The van der Waals surface area contributed by atoms with Gasteiger partial charge in [-0.3, -0.25) is 0 Å². The van der Waals surface area contributed by atoms with Gasteiger partial charge in [0.05, 0.1) is 0 Å². The Morgan fingerprint density at radius 3 is 0.727 bits per heavy atom. The zero-order valence-electron chi connectivity index (χ0n) is 28.2. The maximum absolute atomic E-state index is 3.35. The molecule has 234 valence electrons. The van der Waals surface area contributed by atoms with E-state index in [0.29, 0.717) is 0 Å². The summed E-state index contributed by atoms with van der Waals surface area (Å²) in [4.78, 5) is 0. The van der Waals surface area contributed by atoms with E-state index in [4.69, 9.17) is 0 Å². The quantitative estimate of drug-likeness (QED) is 0.0920. The molecule has 2 nitrogen and oxygen atoms in total. The average Bonchev–Trinajstić information content (AvgIpc) is 2.94. The standard InChI is InChI=1S/2C18H26NSi2.HI.Nd/c2*1-20(2,15-17-11-7-5-8-12-17)19-21(3,4)16-18-13-9-6-10-14-18;;/h2*5-14H,15-16H2,1-4H3;1H;/q2*-1;;+2. The summed E-state index contributed by atoms with van der Waals surface area (Å²) in [7, 11) is -7.13. The van der Waals surface area contributed by atoms with Crippen molar-refractivity contribution in [1.82, 2.24) is 0.627 Å². The zero-order valence-corrected chi connectivity index (χ0v) is 37.7. The van der Waals surface area contributed by atoms with E-state index in [1.165, 1.54) is 46.4 Å². The minimum atomic E-state index is -1.78. The van der Waals surface area contributed by atoms with Crippen molar-refractivity contribution in [2.45, 2.75) is 76.6 Å². The molecule has 0 unspecified atom stereocenters. The normalized spacial score (nSPS) is 12.7. The second-order valence-corrected chi connectivity index (χ2v) is 42.5. The molecule has 0 N–H and O–H groups in total. The van der Waals surface area contributed by atoms with Crippen LogP contribution in [0.25, 0.3) is 0 Å². The van der Waals surface area contributed by atoms with Crippen LogP contribution in [0.4, 0.5) is 0 Å². The molecule has 4 rings (SSSR count). The Bertz CT molecular complexity index is 1190. The molecule has 0 aromatic heterocycles. The third kappa shape index (κ3) is 10.9. The molecule has 0 aliphatic rings. The molecule has 0 aliphatic carbocycles. The SMILES string of the molecule is C[Si](C)(Cc1ccccc1)[N]([Nd][N]([Si](C)(C)Cc1ccccc1)[Si](C)(C)Cc1ccccc1)[Si](C)(C)Cc1ccccc1.I. The summed E-state index contributed by atoms with van der Waals surface area (Å²) >= 11 is -1.46. The molecule has 0 aliphatic heterocycles. The van der Waals surface area contributed by atoms with Gasteiger partial charge in [0.25, 0.3) is 0 Å². The minimum Gasteiger partial charge on any atom is -0.107 e. The predicted molar refractivity (Wildman–Crippen MR) is 210 cm³/mol.